The number of benzene rings is 2. The van der Waals surface area contributed by atoms with Crippen molar-refractivity contribution in [3.05, 3.63) is 62.2 Å². The van der Waals surface area contributed by atoms with Gasteiger partial charge in [0.2, 0.25) is 0 Å². The van der Waals surface area contributed by atoms with Crippen molar-refractivity contribution in [1.82, 2.24) is 5.32 Å². The Morgan fingerprint density at radius 1 is 1.20 bits per heavy atom. The minimum absolute atomic E-state index is 0.137. The molecule has 1 unspecified atom stereocenters. The van der Waals surface area contributed by atoms with Crippen molar-refractivity contribution in [2.75, 3.05) is 13.7 Å². The Morgan fingerprint density at radius 3 is 2.55 bits per heavy atom. The second kappa shape index (κ2) is 7.29. The fourth-order valence-electron chi connectivity index (χ4n) is 2.18. The Morgan fingerprint density at radius 2 is 1.95 bits per heavy atom. The number of hydrogen-bond acceptors (Lipinski definition) is 2. The van der Waals surface area contributed by atoms with Crippen LogP contribution >= 0.6 is 34.2 Å². The SMILES string of the molecule is CCNC(c1cccc(I)c1)c1ccc(OC)c(Cl)c1. The van der Waals surface area contributed by atoms with Gasteiger partial charge in [0.05, 0.1) is 18.2 Å². The number of nitrogens with one attached hydrogen (secondary N) is 1. The second-order valence-corrected chi connectivity index (χ2v) is 6.09. The normalized spacial score (nSPS) is 12.2. The summed E-state index contributed by atoms with van der Waals surface area (Å²) in [4.78, 5) is 0. The van der Waals surface area contributed by atoms with Crippen LogP contribution in [-0.4, -0.2) is 13.7 Å². The molecular weight excluding hydrogens is 385 g/mol. The Labute approximate surface area is 138 Å². The molecule has 0 heterocycles. The first kappa shape index (κ1) is 15.6. The fourth-order valence-corrected chi connectivity index (χ4v) is 3.01. The molecule has 2 aromatic carbocycles. The maximum absolute atomic E-state index is 6.24. The Balaban J connectivity index is 2.40. The lowest BCUT2D eigenvalue weighted by molar-refractivity contribution is 0.414. The highest BCUT2D eigenvalue weighted by molar-refractivity contribution is 14.1. The van der Waals surface area contributed by atoms with Crippen molar-refractivity contribution in [2.24, 2.45) is 0 Å². The summed E-state index contributed by atoms with van der Waals surface area (Å²) in [6.07, 6.45) is 0. The molecule has 20 heavy (non-hydrogen) atoms. The van der Waals surface area contributed by atoms with E-state index in [1.807, 2.05) is 12.1 Å². The van der Waals surface area contributed by atoms with Crippen molar-refractivity contribution in [2.45, 2.75) is 13.0 Å². The predicted octanol–water partition coefficient (Wildman–Crippen LogP) is 4.65. The third-order valence-electron chi connectivity index (χ3n) is 3.10. The first-order chi connectivity index (χ1) is 9.65. The summed E-state index contributed by atoms with van der Waals surface area (Å²) in [5.74, 6) is 0.702. The summed E-state index contributed by atoms with van der Waals surface area (Å²) in [5, 5.41) is 4.14. The van der Waals surface area contributed by atoms with Gasteiger partial charge in [-0.1, -0.05) is 36.7 Å². The molecule has 0 bridgehead atoms. The van der Waals surface area contributed by atoms with Crippen molar-refractivity contribution in [3.63, 3.8) is 0 Å². The molecule has 0 spiro atoms. The Kier molecular flexibility index (Phi) is 5.69. The van der Waals surface area contributed by atoms with Crippen LogP contribution in [0.3, 0.4) is 0 Å². The van der Waals surface area contributed by atoms with Crippen LogP contribution in [0.4, 0.5) is 0 Å². The van der Waals surface area contributed by atoms with Crippen LogP contribution in [0.5, 0.6) is 5.75 Å². The molecule has 0 aliphatic rings. The van der Waals surface area contributed by atoms with E-state index in [9.17, 15) is 0 Å². The number of methoxy groups -OCH3 is 1. The topological polar surface area (TPSA) is 21.3 Å². The van der Waals surface area contributed by atoms with Crippen LogP contribution in [0, 0.1) is 3.57 Å². The maximum atomic E-state index is 6.24. The fraction of sp³-hybridized carbons (Fsp3) is 0.250. The first-order valence-electron chi connectivity index (χ1n) is 6.48. The molecule has 0 amide bonds. The minimum Gasteiger partial charge on any atom is -0.495 e. The van der Waals surface area contributed by atoms with Gasteiger partial charge >= 0.3 is 0 Å². The van der Waals surface area contributed by atoms with Gasteiger partial charge in [0, 0.05) is 3.57 Å². The molecule has 106 valence electrons. The molecule has 0 fully saturated rings. The van der Waals surface area contributed by atoms with Crippen LogP contribution < -0.4 is 10.1 Å². The van der Waals surface area contributed by atoms with Crippen LogP contribution in [0.25, 0.3) is 0 Å². The number of rotatable bonds is 5. The molecule has 1 atom stereocenters. The van der Waals surface area contributed by atoms with E-state index in [0.29, 0.717) is 10.8 Å². The van der Waals surface area contributed by atoms with E-state index in [1.165, 1.54) is 9.13 Å². The summed E-state index contributed by atoms with van der Waals surface area (Å²) < 4.78 is 6.44. The van der Waals surface area contributed by atoms with E-state index in [0.717, 1.165) is 12.1 Å². The summed E-state index contributed by atoms with van der Waals surface area (Å²) in [6.45, 7) is 2.99. The van der Waals surface area contributed by atoms with Gasteiger partial charge in [0.15, 0.2) is 0 Å². The molecule has 2 aromatic rings. The monoisotopic (exact) mass is 401 g/mol. The van der Waals surface area contributed by atoms with Crippen LogP contribution in [0.2, 0.25) is 5.02 Å². The minimum atomic E-state index is 0.137. The third kappa shape index (κ3) is 3.65. The van der Waals surface area contributed by atoms with Crippen LogP contribution in [0.15, 0.2) is 42.5 Å². The maximum Gasteiger partial charge on any atom is 0.137 e. The Hall–Kier alpha value is -0.780. The summed E-state index contributed by atoms with van der Waals surface area (Å²) in [7, 11) is 1.63. The highest BCUT2D eigenvalue weighted by atomic mass is 127. The zero-order valence-electron chi connectivity index (χ0n) is 11.5. The first-order valence-corrected chi connectivity index (χ1v) is 7.93. The molecule has 0 aromatic heterocycles. The lowest BCUT2D eigenvalue weighted by atomic mass is 9.98. The van der Waals surface area contributed by atoms with Gasteiger partial charge in [0.25, 0.3) is 0 Å². The average molecular weight is 402 g/mol. The molecule has 0 saturated carbocycles. The van der Waals surface area contributed by atoms with Gasteiger partial charge in [-0.25, -0.2) is 0 Å². The van der Waals surface area contributed by atoms with Gasteiger partial charge in [-0.15, -0.1) is 0 Å². The van der Waals surface area contributed by atoms with Crippen LogP contribution in [0.1, 0.15) is 24.1 Å². The van der Waals surface area contributed by atoms with E-state index in [4.69, 9.17) is 16.3 Å². The molecule has 0 radical (unpaired) electrons. The second-order valence-electron chi connectivity index (χ2n) is 4.44. The molecule has 4 heteroatoms. The van der Waals surface area contributed by atoms with Gasteiger partial charge in [0.1, 0.15) is 5.75 Å². The van der Waals surface area contributed by atoms with Gasteiger partial charge < -0.3 is 10.1 Å². The van der Waals surface area contributed by atoms with Crippen molar-refractivity contribution in [3.8, 4) is 5.75 Å². The standard InChI is InChI=1S/C16H17ClINO/c1-3-19-16(11-5-4-6-13(18)9-11)12-7-8-15(20-2)14(17)10-12/h4-10,16,19H,3H2,1-2H3. The van der Waals surface area contributed by atoms with Crippen molar-refractivity contribution < 1.29 is 4.74 Å². The summed E-state index contributed by atoms with van der Waals surface area (Å²) in [6, 6.07) is 14.6. The highest BCUT2D eigenvalue weighted by Gasteiger charge is 2.14. The molecule has 2 nitrogen and oxygen atoms in total. The third-order valence-corrected chi connectivity index (χ3v) is 4.07. The molecule has 2 rings (SSSR count). The summed E-state index contributed by atoms with van der Waals surface area (Å²) in [5.41, 5.74) is 2.37. The van der Waals surface area contributed by atoms with Gasteiger partial charge in [-0.05, 0) is 64.5 Å². The molecular formula is C16H17ClINO. The molecule has 0 aliphatic carbocycles. The van der Waals surface area contributed by atoms with Crippen LogP contribution in [-0.2, 0) is 0 Å². The van der Waals surface area contributed by atoms with Gasteiger partial charge in [-0.3, -0.25) is 0 Å². The number of ether oxygens (including phenoxy) is 1. The largest absolute Gasteiger partial charge is 0.495 e. The predicted molar refractivity (Wildman–Crippen MR) is 92.7 cm³/mol. The molecule has 0 aliphatic heterocycles. The average Bonchev–Trinajstić information content (AvgIpc) is 2.44. The van der Waals surface area contributed by atoms with E-state index in [2.05, 4.69) is 65.2 Å². The van der Waals surface area contributed by atoms with E-state index < -0.39 is 0 Å². The van der Waals surface area contributed by atoms with E-state index in [1.54, 1.807) is 7.11 Å². The lowest BCUT2D eigenvalue weighted by Crippen LogP contribution is -2.22. The van der Waals surface area contributed by atoms with Gasteiger partial charge in [-0.2, -0.15) is 0 Å². The van der Waals surface area contributed by atoms with Crippen molar-refractivity contribution >= 4 is 34.2 Å². The number of hydrogen-bond donors (Lipinski definition) is 1. The quantitative estimate of drug-likeness (QED) is 0.736. The molecule has 0 saturated heterocycles. The van der Waals surface area contributed by atoms with Crippen molar-refractivity contribution in [1.29, 1.82) is 0 Å². The molecule has 1 N–H and O–H groups in total. The zero-order valence-corrected chi connectivity index (χ0v) is 14.4. The smallest absolute Gasteiger partial charge is 0.137 e. The highest BCUT2D eigenvalue weighted by Crippen LogP contribution is 2.30. The van der Waals surface area contributed by atoms with E-state index in [-0.39, 0.29) is 6.04 Å². The Bertz CT molecular complexity index is 588. The lowest BCUT2D eigenvalue weighted by Gasteiger charge is -2.20. The zero-order chi connectivity index (χ0) is 14.5. The number of halogens is 2. The summed E-state index contributed by atoms with van der Waals surface area (Å²) >= 11 is 8.57. The van der Waals surface area contributed by atoms with E-state index >= 15 is 0 Å².